The topological polar surface area (TPSA) is 54.0 Å². The molecule has 1 aliphatic rings. The van der Waals surface area contributed by atoms with E-state index in [1.807, 2.05) is 19.1 Å². The zero-order chi connectivity index (χ0) is 15.5. The van der Waals surface area contributed by atoms with Crippen molar-refractivity contribution in [2.24, 2.45) is 5.92 Å². The highest BCUT2D eigenvalue weighted by Crippen LogP contribution is 2.34. The highest BCUT2D eigenvalue weighted by atomic mass is 35.5. The van der Waals surface area contributed by atoms with Gasteiger partial charge in [0.25, 0.3) is 5.91 Å². The predicted octanol–water partition coefficient (Wildman–Crippen LogP) is 3.56. The molecule has 0 radical (unpaired) electrons. The second-order valence-electron chi connectivity index (χ2n) is 5.44. The van der Waals surface area contributed by atoms with Gasteiger partial charge in [0.2, 0.25) is 0 Å². The number of nitrogens with one attached hydrogen (secondary N) is 2. The third-order valence-corrected chi connectivity index (χ3v) is 6.34. The minimum absolute atomic E-state index is 0.0186. The summed E-state index contributed by atoms with van der Waals surface area (Å²) in [6.07, 6.45) is 2.24. The number of amides is 1. The van der Waals surface area contributed by atoms with Crippen LogP contribution in [0.3, 0.4) is 0 Å². The van der Waals surface area contributed by atoms with Gasteiger partial charge in [0.15, 0.2) is 0 Å². The Morgan fingerprint density at radius 3 is 3.05 bits per heavy atom. The molecule has 1 atom stereocenters. The van der Waals surface area contributed by atoms with Crippen LogP contribution in [0.15, 0.2) is 12.1 Å². The van der Waals surface area contributed by atoms with Crippen LogP contribution in [-0.2, 0) is 0 Å². The maximum atomic E-state index is 12.3. The average Bonchev–Trinajstić information content (AvgIpc) is 3.19. The lowest BCUT2D eigenvalue weighted by atomic mass is 10.1. The molecule has 2 N–H and O–H groups in total. The number of halogens is 1. The van der Waals surface area contributed by atoms with Gasteiger partial charge in [-0.1, -0.05) is 11.6 Å². The number of aromatic nitrogens is 1. The molecule has 4 nitrogen and oxygen atoms in total. The molecule has 1 fully saturated rings. The van der Waals surface area contributed by atoms with Gasteiger partial charge in [0.1, 0.15) is 9.88 Å². The first-order chi connectivity index (χ1) is 10.6. The van der Waals surface area contributed by atoms with Crippen LogP contribution in [0.4, 0.5) is 0 Å². The van der Waals surface area contributed by atoms with E-state index in [0.29, 0.717) is 10.8 Å². The Hall–Kier alpha value is -0.950. The monoisotopic (exact) mass is 355 g/mol. The number of thiophene rings is 1. The Morgan fingerprint density at radius 2 is 2.36 bits per heavy atom. The second kappa shape index (κ2) is 7.08. The van der Waals surface area contributed by atoms with Gasteiger partial charge in [-0.15, -0.1) is 22.7 Å². The number of carbonyl (C=O) groups excluding carboxylic acids is 1. The molecule has 0 bridgehead atoms. The Balaban J connectivity index is 1.61. The molecule has 0 spiro atoms. The standard InChI is InChI=1S/C15H18ClN3OS2/c1-9-13(14(20)18-7-5-10-4-6-17-8-10)22-15(19-9)11-2-3-12(16)21-11/h2-3,10,17H,4-8H2,1H3,(H,18,20). The molecule has 2 aromatic heterocycles. The number of aryl methyl sites for hydroxylation is 1. The lowest BCUT2D eigenvalue weighted by Crippen LogP contribution is -2.26. The number of hydrogen-bond donors (Lipinski definition) is 2. The van der Waals surface area contributed by atoms with Gasteiger partial charge >= 0.3 is 0 Å². The number of thiazole rings is 1. The van der Waals surface area contributed by atoms with Gasteiger partial charge in [-0.2, -0.15) is 0 Å². The number of hydrogen-bond acceptors (Lipinski definition) is 5. The van der Waals surface area contributed by atoms with Crippen LogP contribution < -0.4 is 10.6 Å². The van der Waals surface area contributed by atoms with Gasteiger partial charge < -0.3 is 10.6 Å². The molecule has 1 amide bonds. The molecular weight excluding hydrogens is 338 g/mol. The van der Waals surface area contributed by atoms with Crippen LogP contribution >= 0.6 is 34.3 Å². The number of carbonyl (C=O) groups is 1. The first-order valence-electron chi connectivity index (χ1n) is 7.35. The molecule has 0 saturated carbocycles. The minimum atomic E-state index is -0.0186. The first-order valence-corrected chi connectivity index (χ1v) is 9.36. The summed E-state index contributed by atoms with van der Waals surface area (Å²) in [5.41, 5.74) is 0.782. The van der Waals surface area contributed by atoms with Crippen LogP contribution in [-0.4, -0.2) is 30.5 Å². The third kappa shape index (κ3) is 3.68. The number of rotatable bonds is 5. The summed E-state index contributed by atoms with van der Waals surface area (Å²) in [6, 6.07) is 3.80. The summed E-state index contributed by atoms with van der Waals surface area (Å²) in [4.78, 5) is 18.5. The van der Waals surface area contributed by atoms with Crippen molar-refractivity contribution in [3.8, 4) is 9.88 Å². The Morgan fingerprint density at radius 1 is 1.50 bits per heavy atom. The van der Waals surface area contributed by atoms with Crippen LogP contribution in [0.2, 0.25) is 4.34 Å². The van der Waals surface area contributed by atoms with E-state index >= 15 is 0 Å². The van der Waals surface area contributed by atoms with Crippen molar-refractivity contribution in [3.63, 3.8) is 0 Å². The van der Waals surface area contributed by atoms with E-state index in [1.54, 1.807) is 0 Å². The Kier molecular flexibility index (Phi) is 5.13. The minimum Gasteiger partial charge on any atom is -0.351 e. The van der Waals surface area contributed by atoms with Gasteiger partial charge in [0.05, 0.1) is 14.9 Å². The summed E-state index contributed by atoms with van der Waals surface area (Å²) < 4.78 is 0.735. The molecular formula is C15H18ClN3OS2. The fourth-order valence-corrected chi connectivity index (χ4v) is 4.65. The van der Waals surface area contributed by atoms with E-state index < -0.39 is 0 Å². The van der Waals surface area contributed by atoms with Gasteiger partial charge in [-0.3, -0.25) is 4.79 Å². The van der Waals surface area contributed by atoms with E-state index in [-0.39, 0.29) is 5.91 Å². The highest BCUT2D eigenvalue weighted by Gasteiger charge is 2.18. The highest BCUT2D eigenvalue weighted by molar-refractivity contribution is 7.24. The zero-order valence-corrected chi connectivity index (χ0v) is 14.7. The van der Waals surface area contributed by atoms with Crippen molar-refractivity contribution in [2.45, 2.75) is 19.8 Å². The lowest BCUT2D eigenvalue weighted by molar-refractivity contribution is 0.0955. The van der Waals surface area contributed by atoms with Gasteiger partial charge in [-0.25, -0.2) is 4.98 Å². The summed E-state index contributed by atoms with van der Waals surface area (Å²) in [5, 5.41) is 7.22. The largest absolute Gasteiger partial charge is 0.351 e. The fourth-order valence-electron chi connectivity index (χ4n) is 2.57. The number of nitrogens with zero attached hydrogens (tertiary/aromatic N) is 1. The third-order valence-electron chi connectivity index (χ3n) is 3.79. The molecule has 1 aliphatic heterocycles. The molecule has 3 rings (SSSR count). The Bertz CT molecular complexity index is 662. The van der Waals surface area contributed by atoms with Crippen LogP contribution in [0.1, 0.15) is 28.2 Å². The molecule has 1 unspecified atom stereocenters. The average molecular weight is 356 g/mol. The first kappa shape index (κ1) is 15.9. The van der Waals surface area contributed by atoms with E-state index in [2.05, 4.69) is 15.6 Å². The molecule has 22 heavy (non-hydrogen) atoms. The molecule has 0 aliphatic carbocycles. The second-order valence-corrected chi connectivity index (χ2v) is 8.15. The van der Waals surface area contributed by atoms with Crippen molar-refractivity contribution in [3.05, 3.63) is 27.0 Å². The molecule has 3 heterocycles. The van der Waals surface area contributed by atoms with Crippen LogP contribution in [0.25, 0.3) is 9.88 Å². The van der Waals surface area contributed by atoms with Crippen molar-refractivity contribution in [1.29, 1.82) is 0 Å². The van der Waals surface area contributed by atoms with Crippen LogP contribution in [0, 0.1) is 12.8 Å². The summed E-state index contributed by atoms with van der Waals surface area (Å²) in [5.74, 6) is 0.668. The lowest BCUT2D eigenvalue weighted by Gasteiger charge is -2.08. The SMILES string of the molecule is Cc1nc(-c2ccc(Cl)s2)sc1C(=O)NCCC1CCNC1. The zero-order valence-electron chi connectivity index (χ0n) is 12.3. The van der Waals surface area contributed by atoms with Crippen molar-refractivity contribution < 1.29 is 4.79 Å². The van der Waals surface area contributed by atoms with Crippen molar-refractivity contribution in [1.82, 2.24) is 15.6 Å². The molecule has 1 saturated heterocycles. The fraction of sp³-hybridized carbons (Fsp3) is 0.467. The predicted molar refractivity (Wildman–Crippen MR) is 93.1 cm³/mol. The molecule has 0 aromatic carbocycles. The van der Waals surface area contributed by atoms with E-state index in [0.717, 1.165) is 46.0 Å². The maximum absolute atomic E-state index is 12.3. The van der Waals surface area contributed by atoms with E-state index in [1.165, 1.54) is 29.1 Å². The normalized spacial score (nSPS) is 17.8. The molecule has 118 valence electrons. The molecule has 2 aromatic rings. The summed E-state index contributed by atoms with van der Waals surface area (Å²) in [6.45, 7) is 4.77. The molecule has 7 heteroatoms. The Labute approximate surface area is 142 Å². The maximum Gasteiger partial charge on any atom is 0.263 e. The van der Waals surface area contributed by atoms with Gasteiger partial charge in [0, 0.05) is 6.54 Å². The summed E-state index contributed by atoms with van der Waals surface area (Å²) >= 11 is 8.88. The smallest absolute Gasteiger partial charge is 0.263 e. The van der Waals surface area contributed by atoms with E-state index in [9.17, 15) is 4.79 Å². The van der Waals surface area contributed by atoms with Crippen molar-refractivity contribution in [2.75, 3.05) is 19.6 Å². The van der Waals surface area contributed by atoms with Crippen molar-refractivity contribution >= 4 is 40.2 Å². The quantitative estimate of drug-likeness (QED) is 0.862. The van der Waals surface area contributed by atoms with E-state index in [4.69, 9.17) is 11.6 Å². The summed E-state index contributed by atoms with van der Waals surface area (Å²) in [7, 11) is 0. The van der Waals surface area contributed by atoms with Crippen LogP contribution in [0.5, 0.6) is 0 Å². The van der Waals surface area contributed by atoms with Gasteiger partial charge in [-0.05, 0) is 50.9 Å².